The maximum atomic E-state index is 14.2. The molecular formula is C28H27FN2O5. The Labute approximate surface area is 207 Å². The molecule has 1 aliphatic heterocycles. The normalized spacial score (nSPS) is 14.2. The van der Waals surface area contributed by atoms with Gasteiger partial charge in [-0.2, -0.15) is 0 Å². The first-order chi connectivity index (χ1) is 17.5. The topological polar surface area (TPSA) is 75.4 Å². The molecule has 0 amide bonds. The summed E-state index contributed by atoms with van der Waals surface area (Å²) in [7, 11) is 1.53. The van der Waals surface area contributed by atoms with Crippen molar-refractivity contribution in [3.8, 4) is 23.0 Å². The van der Waals surface area contributed by atoms with E-state index in [1.165, 1.54) is 19.2 Å². The van der Waals surface area contributed by atoms with E-state index in [-0.39, 0.29) is 22.7 Å². The van der Waals surface area contributed by atoms with Crippen molar-refractivity contribution in [2.45, 2.75) is 13.5 Å². The fraction of sp³-hybridized carbons (Fsp3) is 0.250. The number of ether oxygens (including phenoxy) is 2. The van der Waals surface area contributed by atoms with Crippen LogP contribution in [0.25, 0.3) is 11.0 Å². The number of para-hydroxylation sites is 3. The Bertz CT molecular complexity index is 1460. The predicted molar refractivity (Wildman–Crippen MR) is 136 cm³/mol. The van der Waals surface area contributed by atoms with Gasteiger partial charge in [0, 0.05) is 32.7 Å². The standard InChI is InChI=1S/C28H27FN2O5/c1-18-27(36-25-10-6-5-9-24(25)34-2)26(33)19-11-12-23(32)20(28(19)35-18)17-30-13-15-31(16-14-30)22-8-4-3-7-21(22)29/h3-12,32H,13-17H2,1-2H3. The predicted octanol–water partition coefficient (Wildman–Crippen LogP) is 5.07. The van der Waals surface area contributed by atoms with Crippen molar-refractivity contribution in [2.24, 2.45) is 0 Å². The summed E-state index contributed by atoms with van der Waals surface area (Å²) in [5.41, 5.74) is 1.14. The molecule has 3 aromatic carbocycles. The summed E-state index contributed by atoms with van der Waals surface area (Å²) in [6.07, 6.45) is 0. The van der Waals surface area contributed by atoms with Crippen molar-refractivity contribution in [2.75, 3.05) is 38.2 Å². The Kier molecular flexibility index (Phi) is 6.52. The minimum Gasteiger partial charge on any atom is -0.507 e. The summed E-state index contributed by atoms with van der Waals surface area (Å²) in [6, 6.07) is 16.9. The van der Waals surface area contributed by atoms with Gasteiger partial charge in [0.25, 0.3) is 0 Å². The van der Waals surface area contributed by atoms with Crippen LogP contribution in [0.4, 0.5) is 10.1 Å². The smallest absolute Gasteiger partial charge is 0.235 e. The number of aryl methyl sites for hydroxylation is 1. The van der Waals surface area contributed by atoms with Crippen LogP contribution in [-0.2, 0) is 6.54 Å². The van der Waals surface area contributed by atoms with E-state index in [0.29, 0.717) is 72.2 Å². The number of benzene rings is 3. The van der Waals surface area contributed by atoms with Gasteiger partial charge in [0.15, 0.2) is 11.5 Å². The van der Waals surface area contributed by atoms with E-state index in [1.807, 2.05) is 17.0 Å². The zero-order valence-electron chi connectivity index (χ0n) is 20.2. The lowest BCUT2D eigenvalue weighted by Gasteiger charge is -2.36. The summed E-state index contributed by atoms with van der Waals surface area (Å²) in [5.74, 6) is 1.09. The molecule has 0 saturated carbocycles. The number of methoxy groups -OCH3 is 1. The van der Waals surface area contributed by atoms with Gasteiger partial charge < -0.3 is 23.9 Å². The third kappa shape index (κ3) is 4.47. The van der Waals surface area contributed by atoms with Crippen molar-refractivity contribution < 1.29 is 23.4 Å². The van der Waals surface area contributed by atoms with Gasteiger partial charge in [-0.15, -0.1) is 0 Å². The molecule has 1 saturated heterocycles. The molecule has 0 radical (unpaired) electrons. The van der Waals surface area contributed by atoms with E-state index in [0.717, 1.165) is 0 Å². The fourth-order valence-corrected chi connectivity index (χ4v) is 4.56. The van der Waals surface area contributed by atoms with Crippen LogP contribution in [0, 0.1) is 12.7 Å². The summed E-state index contributed by atoms with van der Waals surface area (Å²) >= 11 is 0. The molecule has 5 rings (SSSR count). The number of anilines is 1. The molecule has 1 aliphatic rings. The van der Waals surface area contributed by atoms with Crippen molar-refractivity contribution in [3.63, 3.8) is 0 Å². The van der Waals surface area contributed by atoms with E-state index in [2.05, 4.69) is 4.90 Å². The Morgan fingerprint density at radius 3 is 2.39 bits per heavy atom. The molecule has 0 aliphatic carbocycles. The average molecular weight is 491 g/mol. The summed E-state index contributed by atoms with van der Waals surface area (Å²) in [5, 5.41) is 11.0. The fourth-order valence-electron chi connectivity index (χ4n) is 4.56. The van der Waals surface area contributed by atoms with E-state index in [4.69, 9.17) is 13.9 Å². The van der Waals surface area contributed by atoms with Gasteiger partial charge in [-0.25, -0.2) is 4.39 Å². The minimum absolute atomic E-state index is 0.0555. The minimum atomic E-state index is -0.328. The quantitative estimate of drug-likeness (QED) is 0.405. The van der Waals surface area contributed by atoms with Gasteiger partial charge >= 0.3 is 0 Å². The number of piperazine rings is 1. The highest BCUT2D eigenvalue weighted by Gasteiger charge is 2.24. The molecule has 36 heavy (non-hydrogen) atoms. The van der Waals surface area contributed by atoms with Gasteiger partial charge in [-0.1, -0.05) is 24.3 Å². The molecule has 1 fully saturated rings. The van der Waals surface area contributed by atoms with Crippen LogP contribution in [-0.4, -0.2) is 43.3 Å². The Balaban J connectivity index is 1.41. The van der Waals surface area contributed by atoms with E-state index >= 15 is 0 Å². The zero-order valence-corrected chi connectivity index (χ0v) is 20.2. The molecular weight excluding hydrogens is 463 g/mol. The van der Waals surface area contributed by atoms with Crippen LogP contribution in [0.2, 0.25) is 0 Å². The number of phenolic OH excluding ortho intramolecular Hbond substituents is 1. The molecule has 0 spiro atoms. The van der Waals surface area contributed by atoms with E-state index in [1.54, 1.807) is 43.3 Å². The average Bonchev–Trinajstić information content (AvgIpc) is 2.89. The Morgan fingerprint density at radius 2 is 1.67 bits per heavy atom. The molecule has 186 valence electrons. The maximum absolute atomic E-state index is 14.2. The number of fused-ring (bicyclic) bond motifs is 1. The Morgan fingerprint density at radius 1 is 0.972 bits per heavy atom. The first kappa shape index (κ1) is 23.7. The largest absolute Gasteiger partial charge is 0.507 e. The number of nitrogens with zero attached hydrogens (tertiary/aromatic N) is 2. The lowest BCUT2D eigenvalue weighted by Crippen LogP contribution is -2.46. The number of phenols is 1. The zero-order chi connectivity index (χ0) is 25.2. The van der Waals surface area contributed by atoms with Crippen molar-refractivity contribution >= 4 is 16.7 Å². The van der Waals surface area contributed by atoms with Gasteiger partial charge in [0.1, 0.15) is 22.9 Å². The van der Waals surface area contributed by atoms with Crippen LogP contribution in [0.1, 0.15) is 11.3 Å². The van der Waals surface area contributed by atoms with Crippen LogP contribution < -0.4 is 19.8 Å². The highest BCUT2D eigenvalue weighted by Crippen LogP contribution is 2.34. The molecule has 0 atom stereocenters. The summed E-state index contributed by atoms with van der Waals surface area (Å²) in [4.78, 5) is 17.5. The SMILES string of the molecule is COc1ccccc1Oc1c(C)oc2c(CN3CCN(c4ccccc4F)CC3)c(O)ccc2c1=O. The van der Waals surface area contributed by atoms with Crippen LogP contribution in [0.5, 0.6) is 23.0 Å². The van der Waals surface area contributed by atoms with Gasteiger partial charge in [0.2, 0.25) is 11.2 Å². The lowest BCUT2D eigenvalue weighted by atomic mass is 10.1. The highest BCUT2D eigenvalue weighted by atomic mass is 19.1. The first-order valence-electron chi connectivity index (χ1n) is 11.8. The van der Waals surface area contributed by atoms with Gasteiger partial charge in [-0.3, -0.25) is 9.69 Å². The number of rotatable bonds is 6. The molecule has 0 bridgehead atoms. The molecule has 7 nitrogen and oxygen atoms in total. The molecule has 0 unspecified atom stereocenters. The van der Waals surface area contributed by atoms with Gasteiger partial charge in [0.05, 0.1) is 23.7 Å². The summed E-state index contributed by atoms with van der Waals surface area (Å²) in [6.45, 7) is 4.68. The van der Waals surface area contributed by atoms with E-state index in [9.17, 15) is 14.3 Å². The number of hydrogen-bond acceptors (Lipinski definition) is 7. The van der Waals surface area contributed by atoms with E-state index < -0.39 is 0 Å². The van der Waals surface area contributed by atoms with Crippen molar-refractivity contribution in [3.05, 3.63) is 88.0 Å². The monoisotopic (exact) mass is 490 g/mol. The van der Waals surface area contributed by atoms with Crippen LogP contribution in [0.3, 0.4) is 0 Å². The molecule has 1 N–H and O–H groups in total. The number of halogens is 1. The second-order valence-electron chi connectivity index (χ2n) is 8.72. The van der Waals surface area contributed by atoms with Crippen molar-refractivity contribution in [1.82, 2.24) is 4.90 Å². The Hall–Kier alpha value is -4.04. The van der Waals surface area contributed by atoms with Crippen LogP contribution >= 0.6 is 0 Å². The molecule has 1 aromatic heterocycles. The molecule has 4 aromatic rings. The number of hydrogen-bond donors (Lipinski definition) is 1. The molecule has 8 heteroatoms. The third-order valence-corrected chi connectivity index (χ3v) is 6.49. The third-order valence-electron chi connectivity index (χ3n) is 6.49. The maximum Gasteiger partial charge on any atom is 0.235 e. The first-order valence-corrected chi connectivity index (χ1v) is 11.8. The second kappa shape index (κ2) is 9.91. The highest BCUT2D eigenvalue weighted by molar-refractivity contribution is 5.83. The molecule has 2 heterocycles. The lowest BCUT2D eigenvalue weighted by molar-refractivity contribution is 0.246. The van der Waals surface area contributed by atoms with Gasteiger partial charge in [-0.05, 0) is 43.3 Å². The number of aromatic hydroxyl groups is 1. The van der Waals surface area contributed by atoms with Crippen LogP contribution in [0.15, 0.2) is 69.9 Å². The summed E-state index contributed by atoms with van der Waals surface area (Å²) < 4.78 is 31.5. The van der Waals surface area contributed by atoms with Crippen molar-refractivity contribution in [1.29, 1.82) is 0 Å². The second-order valence-corrected chi connectivity index (χ2v) is 8.72.